The van der Waals surface area contributed by atoms with E-state index in [-0.39, 0.29) is 106 Å². The average Bonchev–Trinajstić information content (AvgIpc) is 1.40. The summed E-state index contributed by atoms with van der Waals surface area (Å²) in [6.07, 6.45) is 9.21. The number of carboxylic acid groups (broad SMARTS) is 1. The Labute approximate surface area is 593 Å². The van der Waals surface area contributed by atoms with Crippen molar-refractivity contribution in [1.82, 2.24) is 14.9 Å². The fourth-order valence-electron chi connectivity index (χ4n) is 16.3. The van der Waals surface area contributed by atoms with Gasteiger partial charge in [-0.3, -0.25) is 14.4 Å². The van der Waals surface area contributed by atoms with E-state index in [1.54, 1.807) is 24.3 Å². The summed E-state index contributed by atoms with van der Waals surface area (Å²) >= 11 is 0. The monoisotopic (exact) mass is 1400 g/mol. The summed E-state index contributed by atoms with van der Waals surface area (Å²) in [4.78, 5) is 68.7. The molecular formula is C73H128B3N5O15Si2. The molecule has 0 radical (unpaired) electrons. The van der Waals surface area contributed by atoms with Crippen molar-refractivity contribution in [3.8, 4) is 0 Å². The van der Waals surface area contributed by atoms with Crippen LogP contribution in [-0.2, 0) is 51.9 Å². The number of carboxylic acids is 1. The van der Waals surface area contributed by atoms with Gasteiger partial charge in [-0.25, -0.2) is 14.4 Å². The lowest BCUT2D eigenvalue weighted by molar-refractivity contribution is -0.199. The first-order chi connectivity index (χ1) is 43.9. The number of aliphatic carboxylic acids is 1. The van der Waals surface area contributed by atoms with E-state index < -0.39 is 66.0 Å². The number of carbonyl (C=O) groups is 5. The Kier molecular flexibility index (Phi) is 31.6. The molecule has 20 nitrogen and oxygen atoms in total. The molecule has 2 aromatic carbocycles. The van der Waals surface area contributed by atoms with Gasteiger partial charge in [0.05, 0.1) is 47.8 Å². The number of hydrogen-bond acceptors (Lipinski definition) is 15. The van der Waals surface area contributed by atoms with E-state index in [9.17, 15) is 29.0 Å². The zero-order valence-corrected chi connectivity index (χ0v) is 63.0. The quantitative estimate of drug-likeness (QED) is 0.0386. The Bertz CT molecular complexity index is 2910. The molecular weight excluding hydrogens is 1280 g/mol. The number of esters is 2. The maximum atomic E-state index is 12.9. The Morgan fingerprint density at radius 3 is 1.45 bits per heavy atom. The summed E-state index contributed by atoms with van der Waals surface area (Å²) in [5, 5.41) is 29.8. The molecule has 4 bridgehead atoms. The minimum Gasteiger partial charge on any atom is -0.481 e. The number of nitrogens with zero attached hydrogens (tertiary/aromatic N) is 1. The SMILES string of the molecule is C.C.C.C=C=O.C[C@@H](CC[C@@H](B1O[C@@H]2C[C@@H]3C[C@@H](C3(C)C)[C@]2(C)O1)N([Si](C)(C)C)[Si](C)(C)C)CC(=O)OC(C)(C)C.C[C@@H](CC[C@H](NC(=O)Nc1ccccc1)B1O[C@@H]2C[C@@H]3C[C@@H](C3(C)C)[C@]2(C)O1)CC(=O)OC(C)(C)C.O=C(O)C[C@@H]1CC[C@H](NC(=O)Nc2ccccc2)B(O)O1. The standard InChI is InChI=1S/C28H43BN2O5.C27H54BNO4Si2.C13H17BN2O5.C2H2O.3CH4/c1-18(15-24(32)34-26(2,3)4)13-14-23(31-25(33)30-20-11-9-8-10-12-20)29-35-22-17-19-16-21(27(19,5)6)28(22,7)36-29;1-19(16-24(30)31-25(2,3)4)14-15-23(29(34(8,9)10)35(11,12)13)28-32-22-18-20-17-21(26(20,5)6)27(22,7)33-28;17-12(18)8-10-6-7-11(14(20)21-10)16-13(19)15-9-4-2-1-3-5-9;1-2-3;;;/h8-12,18-19,21-23H,13-17H2,1-7H3,(H2,30,31,33);19-23H,14-18H2,1-13H3;1-5,10-11,20H,6-8H2,(H,17,18)(H2,15,16,19);1H2;3*1H4/t18-,19-,21-,22+,23-,28-;19-,20-,21-,22+,23-,27-;10-,11-;;;;/m000..../s1. The van der Waals surface area contributed by atoms with Crippen LogP contribution in [0.1, 0.15) is 203 Å². The average molecular weight is 1400 g/mol. The topological polar surface area (TPSA) is 259 Å². The van der Waals surface area contributed by atoms with Crippen LogP contribution in [0.3, 0.4) is 0 Å². The molecule has 6 saturated carbocycles. The molecule has 25 heteroatoms. The third kappa shape index (κ3) is 23.4. The third-order valence-electron chi connectivity index (χ3n) is 20.7. The van der Waals surface area contributed by atoms with E-state index in [1.807, 2.05) is 84.9 Å². The number of ether oxygens (including phenoxy) is 2. The lowest BCUT2D eigenvalue weighted by Crippen LogP contribution is -2.67. The molecule has 3 saturated heterocycles. The highest BCUT2D eigenvalue weighted by Gasteiger charge is 2.70. The summed E-state index contributed by atoms with van der Waals surface area (Å²) in [6.45, 7) is 47.2. The van der Waals surface area contributed by atoms with Crippen LogP contribution >= 0.6 is 0 Å². The van der Waals surface area contributed by atoms with Crippen LogP contribution in [0, 0.1) is 46.3 Å². The van der Waals surface area contributed by atoms with E-state index in [2.05, 4.69) is 120 Å². The largest absolute Gasteiger partial charge is 0.481 e. The maximum absolute atomic E-state index is 12.9. The van der Waals surface area contributed by atoms with Gasteiger partial charge in [-0.15, -0.1) is 0 Å². The van der Waals surface area contributed by atoms with Crippen molar-refractivity contribution in [1.29, 1.82) is 0 Å². The molecule has 0 aromatic heterocycles. The Hall–Kier alpha value is -4.81. The van der Waals surface area contributed by atoms with Gasteiger partial charge in [0, 0.05) is 30.2 Å². The predicted octanol–water partition coefficient (Wildman–Crippen LogP) is 15.1. The Balaban J connectivity index is 0.000000381. The number of rotatable bonds is 21. The first kappa shape index (κ1) is 87.4. The van der Waals surface area contributed by atoms with Gasteiger partial charge in [0.2, 0.25) is 0 Å². The minimum absolute atomic E-state index is 0. The van der Waals surface area contributed by atoms with E-state index in [1.165, 1.54) is 18.8 Å². The number of urea groups is 2. The molecule has 2 aromatic rings. The highest BCUT2D eigenvalue weighted by molar-refractivity contribution is 6.90. The van der Waals surface area contributed by atoms with Crippen molar-refractivity contribution in [2.24, 2.45) is 46.3 Å². The number of amides is 4. The number of benzene rings is 2. The van der Waals surface area contributed by atoms with Crippen LogP contribution in [0.25, 0.3) is 0 Å². The Morgan fingerprint density at radius 2 is 1.05 bits per heavy atom. The van der Waals surface area contributed by atoms with Crippen molar-refractivity contribution in [2.75, 3.05) is 10.6 Å². The molecule has 11 rings (SSSR count). The molecule has 3 heterocycles. The number of nitrogens with one attached hydrogen (secondary N) is 4. The van der Waals surface area contributed by atoms with Crippen LogP contribution < -0.4 is 21.3 Å². The summed E-state index contributed by atoms with van der Waals surface area (Å²) in [5.74, 6) is 2.13. The number of carbonyl (C=O) groups excluding carboxylic acids is 5. The maximum Gasteiger partial charge on any atom is 0.481 e. The van der Waals surface area contributed by atoms with Crippen molar-refractivity contribution in [3.63, 3.8) is 0 Å². The zero-order valence-electron chi connectivity index (χ0n) is 61.0. The van der Waals surface area contributed by atoms with E-state index in [0.717, 1.165) is 43.7 Å². The van der Waals surface area contributed by atoms with Gasteiger partial charge in [0.15, 0.2) is 0 Å². The number of para-hydroxylation sites is 2. The molecule has 0 unspecified atom stereocenters. The molecule has 9 aliphatic rings. The van der Waals surface area contributed by atoms with Gasteiger partial charge in [-0.05, 0) is 197 Å². The second-order valence-corrected chi connectivity index (χ2v) is 43.6. The van der Waals surface area contributed by atoms with Crippen LogP contribution in [0.2, 0.25) is 39.3 Å². The molecule has 98 heavy (non-hydrogen) atoms. The fraction of sp³-hybridized carbons (Fsp3) is 0.740. The highest BCUT2D eigenvalue weighted by atomic mass is 28.4. The van der Waals surface area contributed by atoms with Crippen LogP contribution in [-0.4, -0.2) is 147 Å². The normalized spacial score (nSPS) is 27.2. The molecule has 6 aliphatic carbocycles. The van der Waals surface area contributed by atoms with Gasteiger partial charge in [0.25, 0.3) is 0 Å². The van der Waals surface area contributed by atoms with Crippen molar-refractivity contribution in [3.05, 3.63) is 67.2 Å². The second-order valence-electron chi connectivity index (χ2n) is 33.5. The lowest BCUT2D eigenvalue weighted by atomic mass is 9.43. The van der Waals surface area contributed by atoms with Crippen LogP contribution in [0.15, 0.2) is 67.2 Å². The molecule has 14 atom stereocenters. The number of hydrogen-bond donors (Lipinski definition) is 6. The van der Waals surface area contributed by atoms with Crippen LogP contribution in [0.5, 0.6) is 0 Å². The molecule has 3 aliphatic heterocycles. The zero-order chi connectivity index (χ0) is 71.0. The second kappa shape index (κ2) is 35.4. The van der Waals surface area contributed by atoms with Gasteiger partial charge < -0.3 is 68.4 Å². The number of anilines is 2. The summed E-state index contributed by atoms with van der Waals surface area (Å²) < 4.78 is 46.2. The minimum atomic E-state index is -1.65. The fourth-order valence-corrected chi connectivity index (χ4v) is 26.9. The van der Waals surface area contributed by atoms with E-state index in [0.29, 0.717) is 61.0 Å². The predicted molar refractivity (Wildman–Crippen MR) is 401 cm³/mol. The summed E-state index contributed by atoms with van der Waals surface area (Å²) in [7, 11) is -5.22. The molecule has 9 fully saturated rings. The molecule has 4 amide bonds. The van der Waals surface area contributed by atoms with E-state index in [4.69, 9.17) is 42.6 Å². The first-order valence-electron chi connectivity index (χ1n) is 34.7. The van der Waals surface area contributed by atoms with E-state index >= 15 is 0 Å². The van der Waals surface area contributed by atoms with Gasteiger partial charge in [-0.2, -0.15) is 0 Å². The first-order valence-corrected chi connectivity index (χ1v) is 41.6. The van der Waals surface area contributed by atoms with Gasteiger partial charge in [0.1, 0.15) is 33.6 Å². The molecule has 552 valence electrons. The van der Waals surface area contributed by atoms with Gasteiger partial charge >= 0.3 is 51.3 Å². The lowest BCUT2D eigenvalue weighted by Gasteiger charge is -2.64. The van der Waals surface area contributed by atoms with Crippen molar-refractivity contribution >= 4 is 85.1 Å². The van der Waals surface area contributed by atoms with Crippen molar-refractivity contribution < 1.29 is 71.6 Å². The third-order valence-corrected chi connectivity index (χ3v) is 28.3. The summed E-state index contributed by atoms with van der Waals surface area (Å²) in [6, 6.07) is 17.6. The highest BCUT2D eigenvalue weighted by Crippen LogP contribution is 2.67. The van der Waals surface area contributed by atoms with Gasteiger partial charge in [-0.1, -0.05) is 140 Å². The molecule has 0 spiro atoms. The summed E-state index contributed by atoms with van der Waals surface area (Å²) in [5.41, 5.74) is 0.500. The van der Waals surface area contributed by atoms with Crippen LogP contribution in [0.4, 0.5) is 21.0 Å². The van der Waals surface area contributed by atoms with Crippen molar-refractivity contribution in [2.45, 2.75) is 301 Å². The Morgan fingerprint density at radius 1 is 0.643 bits per heavy atom. The smallest absolute Gasteiger partial charge is 0.481 e. The molecule has 6 N–H and O–H groups in total.